The third-order valence-corrected chi connectivity index (χ3v) is 26.2. The summed E-state index contributed by atoms with van der Waals surface area (Å²) in [5.41, 5.74) is -0.543. The van der Waals surface area contributed by atoms with Crippen molar-refractivity contribution in [3.05, 3.63) is 24.3 Å². The molecule has 12 aliphatic rings. The highest BCUT2D eigenvalue weighted by Crippen LogP contribution is 2.67. The van der Waals surface area contributed by atoms with Crippen LogP contribution in [0.4, 0.5) is 0 Å². The Bertz CT molecular complexity index is 2380. The molecule has 87 heavy (non-hydrogen) atoms. The number of fused-ring (bicyclic) bond motifs is 17. The molecule has 0 spiro atoms. The Balaban J connectivity index is 0.000000142. The van der Waals surface area contributed by atoms with Crippen molar-refractivity contribution in [1.29, 1.82) is 0 Å². The van der Waals surface area contributed by atoms with Gasteiger partial charge in [-0.2, -0.15) is 0 Å². The third-order valence-electron chi connectivity index (χ3n) is 26.2. The molecule has 0 amide bonds. The topological polar surface area (TPSA) is 150 Å². The fourth-order valence-corrected chi connectivity index (χ4v) is 18.0. The second-order valence-corrected chi connectivity index (χ2v) is 32.3. The molecule has 21 unspecified atom stereocenters. The lowest BCUT2D eigenvalue weighted by atomic mass is 9.70. The number of carbonyl (C=O) groups is 5. The van der Waals surface area contributed by atoms with Crippen LogP contribution in [0.5, 0.6) is 0 Å². The minimum Gasteiger partial charge on any atom is -0.463 e. The summed E-state index contributed by atoms with van der Waals surface area (Å²) in [5, 5.41) is 0. The second-order valence-electron chi connectivity index (χ2n) is 32.3. The molecule has 0 N–H and O–H groups in total. The van der Waals surface area contributed by atoms with Crippen molar-refractivity contribution in [2.45, 2.75) is 276 Å². The van der Waals surface area contributed by atoms with Gasteiger partial charge >= 0.3 is 29.8 Å². The van der Waals surface area contributed by atoms with Crippen LogP contribution in [0.15, 0.2) is 24.3 Å². The van der Waals surface area contributed by atoms with E-state index in [-0.39, 0.29) is 87.8 Å². The quantitative estimate of drug-likeness (QED) is 0.0524. The van der Waals surface area contributed by atoms with Crippen molar-refractivity contribution in [2.24, 2.45) is 116 Å². The van der Waals surface area contributed by atoms with Gasteiger partial charge in [0.2, 0.25) is 0 Å². The number of allylic oxidation sites excluding steroid dienone is 4. The molecule has 10 fully saturated rings. The summed E-state index contributed by atoms with van der Waals surface area (Å²) in [4.78, 5) is 59.5. The van der Waals surface area contributed by atoms with Crippen LogP contribution in [0, 0.1) is 116 Å². The Labute approximate surface area is 527 Å². The van der Waals surface area contributed by atoms with E-state index in [1.807, 2.05) is 83.1 Å². The van der Waals surface area contributed by atoms with Crippen LogP contribution in [-0.2, 0) is 57.1 Å². The zero-order valence-electron chi connectivity index (χ0n) is 57.4. The van der Waals surface area contributed by atoms with Crippen LogP contribution < -0.4 is 0 Å². The number of hydrogen-bond acceptors (Lipinski definition) is 12. The lowest BCUT2D eigenvalue weighted by Gasteiger charge is -2.39. The summed E-state index contributed by atoms with van der Waals surface area (Å²) >= 11 is 0. The molecule has 21 atom stereocenters. The average molecular weight is 1220 g/mol. The van der Waals surface area contributed by atoms with Crippen LogP contribution in [0.2, 0.25) is 0 Å². The van der Waals surface area contributed by atoms with Gasteiger partial charge in [-0.05, 0) is 252 Å². The fraction of sp³-hybridized carbons (Fsp3) is 0.880. The molecule has 494 valence electrons. The van der Waals surface area contributed by atoms with Crippen molar-refractivity contribution >= 4 is 29.8 Å². The van der Waals surface area contributed by atoms with Crippen LogP contribution in [0.1, 0.15) is 246 Å². The van der Waals surface area contributed by atoms with Gasteiger partial charge in [0.25, 0.3) is 0 Å². The largest absolute Gasteiger partial charge is 0.463 e. The second kappa shape index (κ2) is 29.1. The van der Waals surface area contributed by atoms with Gasteiger partial charge in [-0.15, -0.1) is 0 Å². The van der Waals surface area contributed by atoms with Gasteiger partial charge in [0.1, 0.15) is 31.5 Å². The Kier molecular flexibility index (Phi) is 23.3. The Morgan fingerprint density at radius 2 is 1.08 bits per heavy atom. The van der Waals surface area contributed by atoms with Crippen molar-refractivity contribution in [1.82, 2.24) is 0 Å². The molecular weight excluding hydrogens is 1090 g/mol. The van der Waals surface area contributed by atoms with E-state index >= 15 is 0 Å². The van der Waals surface area contributed by atoms with Gasteiger partial charge in [-0.1, -0.05) is 100.0 Å². The summed E-state index contributed by atoms with van der Waals surface area (Å²) in [7, 11) is 0. The van der Waals surface area contributed by atoms with Gasteiger partial charge in [0.05, 0.1) is 46.9 Å². The van der Waals surface area contributed by atoms with Crippen molar-refractivity contribution < 1.29 is 57.1 Å². The van der Waals surface area contributed by atoms with E-state index in [1.54, 1.807) is 0 Å². The smallest absolute Gasteiger partial charge is 0.311 e. The Morgan fingerprint density at radius 1 is 0.529 bits per heavy atom. The Hall–Kier alpha value is -3.25. The number of rotatable bonds is 19. The summed E-state index contributed by atoms with van der Waals surface area (Å²) in [6, 6.07) is 0. The molecule has 1 saturated heterocycles. The molecule has 0 aromatic heterocycles. The van der Waals surface area contributed by atoms with Crippen LogP contribution >= 0.6 is 0 Å². The third kappa shape index (κ3) is 15.3. The SMILES string of the molecule is CCC(C)(C)C(=O)OC1CC2CC1C1CCCC21.CCC(C)(C)C(=O)OC1CC2CCC1(C)C2(C)C.CCC(C)(C)C(=O)OCCOC1CC2CC1C1C=CCC21.CCC(C)C(=O)OC1CC2CC1C1CC=CC21.CCC(C)C(=O)OCC1CCCO1. The maximum Gasteiger partial charge on any atom is 0.311 e. The number of carbonyl (C=O) groups excluding carboxylic acids is 5. The maximum absolute atomic E-state index is 12.3. The highest BCUT2D eigenvalue weighted by Gasteiger charge is 2.63. The summed E-state index contributed by atoms with van der Waals surface area (Å²) in [6.45, 7) is 35.0. The highest BCUT2D eigenvalue weighted by molar-refractivity contribution is 5.77. The predicted molar refractivity (Wildman–Crippen MR) is 342 cm³/mol. The first-order valence-corrected chi connectivity index (χ1v) is 35.7. The van der Waals surface area contributed by atoms with Gasteiger partial charge in [0.15, 0.2) is 0 Å². The molecule has 1 aliphatic heterocycles. The van der Waals surface area contributed by atoms with E-state index in [1.165, 1.54) is 70.6 Å². The monoisotopic (exact) mass is 1210 g/mol. The normalized spacial score (nSPS) is 37.7. The molecule has 11 aliphatic carbocycles. The first-order valence-electron chi connectivity index (χ1n) is 35.7. The lowest BCUT2D eigenvalue weighted by Crippen LogP contribution is -2.40. The van der Waals surface area contributed by atoms with E-state index in [2.05, 4.69) is 52.0 Å². The summed E-state index contributed by atoms with van der Waals surface area (Å²) < 4.78 is 39.3. The van der Waals surface area contributed by atoms with Gasteiger partial charge in [0, 0.05) is 12.0 Å². The van der Waals surface area contributed by atoms with Crippen molar-refractivity contribution in [3.8, 4) is 0 Å². The van der Waals surface area contributed by atoms with Gasteiger partial charge < -0.3 is 33.2 Å². The first-order chi connectivity index (χ1) is 41.1. The molecule has 12 rings (SSSR count). The number of esters is 5. The zero-order chi connectivity index (χ0) is 63.4. The molecule has 0 radical (unpaired) electrons. The summed E-state index contributed by atoms with van der Waals surface area (Å²) in [6.07, 6.45) is 34.7. The first kappa shape index (κ1) is 69.6. The lowest BCUT2D eigenvalue weighted by molar-refractivity contribution is -0.167. The van der Waals surface area contributed by atoms with Gasteiger partial charge in [-0.3, -0.25) is 24.0 Å². The minimum absolute atomic E-state index is 0.0143. The Morgan fingerprint density at radius 3 is 1.70 bits per heavy atom. The van der Waals surface area contributed by atoms with E-state index < -0.39 is 0 Å². The maximum atomic E-state index is 12.3. The van der Waals surface area contributed by atoms with Crippen LogP contribution in [0.3, 0.4) is 0 Å². The van der Waals surface area contributed by atoms with E-state index in [4.69, 9.17) is 33.2 Å². The van der Waals surface area contributed by atoms with E-state index in [0.29, 0.717) is 49.1 Å². The zero-order valence-corrected chi connectivity index (χ0v) is 57.4. The number of hydrogen-bond donors (Lipinski definition) is 0. The molecule has 12 heteroatoms. The van der Waals surface area contributed by atoms with Crippen LogP contribution in [0.25, 0.3) is 0 Å². The van der Waals surface area contributed by atoms with E-state index in [0.717, 1.165) is 130 Å². The molecule has 12 nitrogen and oxygen atoms in total. The molecule has 1 heterocycles. The summed E-state index contributed by atoms with van der Waals surface area (Å²) in [5.74, 6) is 10.3. The molecule has 9 saturated carbocycles. The van der Waals surface area contributed by atoms with E-state index in [9.17, 15) is 24.0 Å². The predicted octanol–water partition coefficient (Wildman–Crippen LogP) is 16.5. The molecular formula is C75H122O12. The number of ether oxygens (including phenoxy) is 7. The van der Waals surface area contributed by atoms with Crippen molar-refractivity contribution in [2.75, 3.05) is 26.4 Å². The van der Waals surface area contributed by atoms with Crippen molar-refractivity contribution in [3.63, 3.8) is 0 Å². The molecule has 8 bridgehead atoms. The fourth-order valence-electron chi connectivity index (χ4n) is 18.0. The average Bonchev–Trinajstić information content (AvgIpc) is 1.67. The van der Waals surface area contributed by atoms with Crippen LogP contribution in [-0.4, -0.2) is 86.8 Å². The van der Waals surface area contributed by atoms with Gasteiger partial charge in [-0.25, -0.2) is 0 Å². The molecule has 0 aromatic rings. The minimum atomic E-state index is -0.381. The molecule has 0 aromatic carbocycles. The standard InChI is InChI=1S/C18H28O3.C16H26O2.C16H28O2.C15H22O2.C10H18O3/c1-4-18(2,3)17(19)21-9-8-20-16-11-12-10-15(16)14-7-5-6-13(12)14;1-4-16(2,3)15(17)18-14-9-10-8-13(14)12-7-5-6-11(10)12;1-7-14(2,3)13(17)18-12-10-11-8-9-16(12,6)15(11,4)5;1-3-9(2)15(16)17-14-8-10-7-13(14)12-6-4-5-11(10)12;1-3-8(2)10(11)13-7-9-5-4-6-12-9/h5,7,12-16H,4,6,8-11H2,1-3H3;10-14H,4-9H2,1-3H3;11-12H,7-10H2,1-6H3;4-5,9-14H,3,6-8H2,1-2H3;8-9H,3-7H2,1-2H3. The highest BCUT2D eigenvalue weighted by atomic mass is 16.6.